The Balaban J connectivity index is 0.000000270. The molecular formula is C27H32N2O5S3. The van der Waals surface area contributed by atoms with Gasteiger partial charge in [0, 0.05) is 28.6 Å². The van der Waals surface area contributed by atoms with Crippen molar-refractivity contribution in [3.05, 3.63) is 72.8 Å². The van der Waals surface area contributed by atoms with Crippen LogP contribution in [0.15, 0.2) is 92.4 Å². The van der Waals surface area contributed by atoms with Gasteiger partial charge in [-0.25, -0.2) is 8.42 Å². The lowest BCUT2D eigenvalue weighted by Gasteiger charge is -2.37. The minimum absolute atomic E-state index is 0.0741. The highest BCUT2D eigenvalue weighted by Gasteiger charge is 2.27. The molecule has 0 saturated carbocycles. The normalized spacial score (nSPS) is 17.8. The molecule has 10 heteroatoms. The van der Waals surface area contributed by atoms with E-state index in [0.29, 0.717) is 10.9 Å². The summed E-state index contributed by atoms with van der Waals surface area (Å²) in [4.78, 5) is 7.46. The summed E-state index contributed by atoms with van der Waals surface area (Å²) in [6.45, 7) is 2.07. The molecule has 2 aliphatic heterocycles. The van der Waals surface area contributed by atoms with Crippen molar-refractivity contribution in [2.45, 2.75) is 51.3 Å². The van der Waals surface area contributed by atoms with E-state index >= 15 is 0 Å². The lowest BCUT2D eigenvalue weighted by Crippen LogP contribution is -2.38. The fourth-order valence-electron chi connectivity index (χ4n) is 4.66. The fraction of sp³-hybridized carbons (Fsp3) is 0.333. The average Bonchev–Trinajstić information content (AvgIpc) is 2.87. The molecular weight excluding hydrogens is 529 g/mol. The molecule has 0 aromatic heterocycles. The van der Waals surface area contributed by atoms with Crippen molar-refractivity contribution in [3.8, 4) is 0 Å². The molecule has 1 atom stereocenters. The van der Waals surface area contributed by atoms with Crippen LogP contribution < -0.4 is 4.90 Å². The number of hydrogen-bond acceptors (Lipinski definition) is 7. The molecule has 1 saturated heterocycles. The van der Waals surface area contributed by atoms with E-state index in [9.17, 15) is 16.8 Å². The highest BCUT2D eigenvalue weighted by atomic mass is 32.2. The van der Waals surface area contributed by atoms with Crippen LogP contribution in [0.5, 0.6) is 0 Å². The molecule has 7 nitrogen and oxygen atoms in total. The van der Waals surface area contributed by atoms with E-state index in [0.717, 1.165) is 23.5 Å². The van der Waals surface area contributed by atoms with Gasteiger partial charge >= 0.3 is 0 Å². The smallest absolute Gasteiger partial charge is 0.294 e. The zero-order valence-corrected chi connectivity index (χ0v) is 23.4. The molecule has 3 aromatic rings. The van der Waals surface area contributed by atoms with Crippen molar-refractivity contribution < 1.29 is 21.4 Å². The van der Waals surface area contributed by atoms with Gasteiger partial charge in [0.1, 0.15) is 0 Å². The van der Waals surface area contributed by atoms with E-state index < -0.39 is 20.0 Å². The fourth-order valence-corrected chi connectivity index (χ4v) is 6.88. The van der Waals surface area contributed by atoms with Crippen molar-refractivity contribution in [1.29, 1.82) is 0 Å². The van der Waals surface area contributed by atoms with Crippen LogP contribution in [-0.2, 0) is 20.0 Å². The number of rotatable bonds is 5. The standard InChI is InChI=1S/C21H26N2O2S2.C6H6O3S/c1-22-13-6-5-7-16(22)12-14-23-18-8-3-4-9-20(18)26-21-11-10-17(15-19(21)23)27(2,24)25;7-10(8,9)6-4-2-1-3-5-6/h3-4,8-11,15-16H,5-7,12-14H2,1-2H3;1-5H,(H,7,8,9). The minimum Gasteiger partial charge on any atom is -0.340 e. The van der Waals surface area contributed by atoms with Crippen LogP contribution in [0.4, 0.5) is 11.4 Å². The number of likely N-dealkylation sites (tertiary alicyclic amines) is 1. The van der Waals surface area contributed by atoms with E-state index in [1.807, 2.05) is 12.1 Å². The molecule has 0 aliphatic carbocycles. The Labute approximate surface area is 224 Å². The Bertz CT molecular complexity index is 1440. The van der Waals surface area contributed by atoms with Gasteiger partial charge in [0.25, 0.3) is 10.1 Å². The summed E-state index contributed by atoms with van der Waals surface area (Å²) >= 11 is 1.72. The Morgan fingerprint density at radius 3 is 2.19 bits per heavy atom. The van der Waals surface area contributed by atoms with E-state index in [1.165, 1.54) is 54.8 Å². The highest BCUT2D eigenvalue weighted by molar-refractivity contribution is 7.99. The number of nitrogens with zero attached hydrogens (tertiary/aromatic N) is 2. The minimum atomic E-state index is -4.00. The van der Waals surface area contributed by atoms with Crippen molar-refractivity contribution in [1.82, 2.24) is 4.90 Å². The molecule has 198 valence electrons. The van der Waals surface area contributed by atoms with Crippen LogP contribution in [0.3, 0.4) is 0 Å². The molecule has 1 fully saturated rings. The van der Waals surface area contributed by atoms with Gasteiger partial charge in [-0.1, -0.05) is 48.5 Å². The van der Waals surface area contributed by atoms with Crippen LogP contribution in [0.25, 0.3) is 0 Å². The number of anilines is 2. The summed E-state index contributed by atoms with van der Waals surface area (Å²) in [5.74, 6) is 0. The van der Waals surface area contributed by atoms with E-state index in [1.54, 1.807) is 36.0 Å². The molecule has 0 radical (unpaired) electrons. The first kappa shape index (κ1) is 27.7. The van der Waals surface area contributed by atoms with Crippen molar-refractivity contribution >= 4 is 43.1 Å². The second kappa shape index (κ2) is 11.6. The number of benzene rings is 3. The maximum absolute atomic E-state index is 12.1. The van der Waals surface area contributed by atoms with Crippen molar-refractivity contribution in [2.75, 3.05) is 31.3 Å². The largest absolute Gasteiger partial charge is 0.340 e. The van der Waals surface area contributed by atoms with Gasteiger partial charge in [-0.15, -0.1) is 0 Å². The van der Waals surface area contributed by atoms with Crippen LogP contribution >= 0.6 is 11.8 Å². The first-order valence-corrected chi connectivity index (χ1v) is 16.3. The second-order valence-corrected chi connectivity index (χ2v) is 13.9. The quantitative estimate of drug-likeness (QED) is 0.409. The van der Waals surface area contributed by atoms with Gasteiger partial charge in [0.15, 0.2) is 9.84 Å². The Hall–Kier alpha value is -2.37. The van der Waals surface area contributed by atoms with Crippen molar-refractivity contribution in [3.63, 3.8) is 0 Å². The lowest BCUT2D eigenvalue weighted by molar-refractivity contribution is 0.178. The summed E-state index contributed by atoms with van der Waals surface area (Å²) in [5, 5.41) is 0. The number of hydrogen-bond donors (Lipinski definition) is 1. The molecule has 2 aliphatic rings. The van der Waals surface area contributed by atoms with Crippen LogP contribution in [0.1, 0.15) is 25.7 Å². The predicted molar refractivity (Wildman–Crippen MR) is 148 cm³/mol. The maximum Gasteiger partial charge on any atom is 0.294 e. The van der Waals surface area contributed by atoms with Crippen LogP contribution in [0.2, 0.25) is 0 Å². The summed E-state index contributed by atoms with van der Waals surface area (Å²) < 4.78 is 53.4. The molecule has 5 rings (SSSR count). The summed E-state index contributed by atoms with van der Waals surface area (Å²) in [7, 11) is -5.01. The van der Waals surface area contributed by atoms with Gasteiger partial charge in [-0.2, -0.15) is 8.42 Å². The second-order valence-electron chi connectivity index (χ2n) is 9.33. The number of piperidine rings is 1. The van der Waals surface area contributed by atoms with E-state index in [2.05, 4.69) is 41.1 Å². The van der Waals surface area contributed by atoms with Gasteiger partial charge in [-0.05, 0) is 75.3 Å². The van der Waals surface area contributed by atoms with Gasteiger partial charge in [0.05, 0.1) is 21.2 Å². The Kier molecular flexibility index (Phi) is 8.65. The molecule has 0 bridgehead atoms. The Morgan fingerprint density at radius 2 is 1.54 bits per heavy atom. The SMILES string of the molecule is CN1CCCCC1CCN1c2ccccc2Sc2ccc(S(C)(=O)=O)cc21.O=S(=O)(O)c1ccccc1. The zero-order valence-electron chi connectivity index (χ0n) is 20.9. The summed E-state index contributed by atoms with van der Waals surface area (Å²) in [6.07, 6.45) is 6.20. The van der Waals surface area contributed by atoms with Gasteiger partial charge in [0.2, 0.25) is 0 Å². The first-order valence-electron chi connectivity index (χ1n) is 12.2. The van der Waals surface area contributed by atoms with E-state index in [-0.39, 0.29) is 4.90 Å². The van der Waals surface area contributed by atoms with Crippen LogP contribution in [0, 0.1) is 0 Å². The number of para-hydroxylation sites is 1. The molecule has 2 heterocycles. The maximum atomic E-state index is 12.1. The molecule has 3 aromatic carbocycles. The molecule has 1 unspecified atom stereocenters. The third kappa shape index (κ3) is 6.94. The summed E-state index contributed by atoms with van der Waals surface area (Å²) in [5.41, 5.74) is 2.19. The molecule has 37 heavy (non-hydrogen) atoms. The predicted octanol–water partition coefficient (Wildman–Crippen LogP) is 5.50. The highest BCUT2D eigenvalue weighted by Crippen LogP contribution is 2.48. The van der Waals surface area contributed by atoms with E-state index in [4.69, 9.17) is 4.55 Å². The Morgan fingerprint density at radius 1 is 0.865 bits per heavy atom. The monoisotopic (exact) mass is 560 g/mol. The molecule has 0 spiro atoms. The van der Waals surface area contributed by atoms with Crippen molar-refractivity contribution in [2.24, 2.45) is 0 Å². The summed E-state index contributed by atoms with van der Waals surface area (Å²) in [6, 6.07) is 22.0. The van der Waals surface area contributed by atoms with Gasteiger partial charge < -0.3 is 9.80 Å². The van der Waals surface area contributed by atoms with Crippen LogP contribution in [-0.4, -0.2) is 58.7 Å². The third-order valence-corrected chi connectivity index (χ3v) is 9.78. The van der Waals surface area contributed by atoms with Gasteiger partial charge in [-0.3, -0.25) is 4.55 Å². The topological polar surface area (TPSA) is 95.0 Å². The molecule has 1 N–H and O–H groups in total. The molecule has 0 amide bonds. The number of fused-ring (bicyclic) bond motifs is 2. The first-order chi connectivity index (χ1) is 17.5. The zero-order chi connectivity index (χ0) is 26.6. The number of sulfone groups is 1. The lowest BCUT2D eigenvalue weighted by atomic mass is 9.99. The third-order valence-electron chi connectivity index (χ3n) is 6.67. The average molecular weight is 561 g/mol.